The molecule has 0 fully saturated rings. The van der Waals surface area contributed by atoms with E-state index in [2.05, 4.69) is 22.0 Å². The van der Waals surface area contributed by atoms with Gasteiger partial charge < -0.3 is 10.3 Å². The van der Waals surface area contributed by atoms with Crippen LogP contribution in [0.1, 0.15) is 23.2 Å². The standard InChI is InChI=1S/C27H23N3O2/c28-15-16-11-12-30-18(13-16)14-22-21(9-4-10-23(22)30)25-24(26(31)29-27(25)32)20-8-3-6-17-5-1-2-7-19(17)20/h1-10,14,16H,11-13,15,28H2,(H,29,31,32). The van der Waals surface area contributed by atoms with Crippen molar-refractivity contribution in [1.29, 1.82) is 0 Å². The molecule has 0 spiro atoms. The minimum Gasteiger partial charge on any atom is -0.345 e. The van der Waals surface area contributed by atoms with Gasteiger partial charge in [-0.25, -0.2) is 0 Å². The van der Waals surface area contributed by atoms with Gasteiger partial charge in [0.25, 0.3) is 11.8 Å². The number of nitrogens with zero attached hydrogens (tertiary/aromatic N) is 1. The fourth-order valence-electron chi connectivity index (χ4n) is 5.31. The van der Waals surface area contributed by atoms with Gasteiger partial charge in [-0.1, -0.05) is 54.6 Å². The first-order valence-electron chi connectivity index (χ1n) is 11.1. The highest BCUT2D eigenvalue weighted by Crippen LogP contribution is 2.39. The smallest absolute Gasteiger partial charge is 0.259 e. The zero-order chi connectivity index (χ0) is 21.8. The fourth-order valence-corrected chi connectivity index (χ4v) is 5.31. The largest absolute Gasteiger partial charge is 0.345 e. The number of hydrogen-bond donors (Lipinski definition) is 2. The first-order chi connectivity index (χ1) is 15.7. The maximum atomic E-state index is 13.1. The lowest BCUT2D eigenvalue weighted by atomic mass is 9.91. The Balaban J connectivity index is 1.62. The summed E-state index contributed by atoms with van der Waals surface area (Å²) in [6.07, 6.45) is 1.99. The second kappa shape index (κ2) is 7.18. The summed E-state index contributed by atoms with van der Waals surface area (Å²) in [7, 11) is 0. The van der Waals surface area contributed by atoms with E-state index in [1.54, 1.807) is 0 Å². The van der Waals surface area contributed by atoms with E-state index in [-0.39, 0.29) is 11.8 Å². The van der Waals surface area contributed by atoms with E-state index in [1.165, 1.54) is 5.69 Å². The van der Waals surface area contributed by atoms with Crippen molar-refractivity contribution >= 4 is 44.6 Å². The topological polar surface area (TPSA) is 77.1 Å². The molecule has 158 valence electrons. The van der Waals surface area contributed by atoms with Gasteiger partial charge in [0.2, 0.25) is 0 Å². The summed E-state index contributed by atoms with van der Waals surface area (Å²) < 4.78 is 2.33. The maximum Gasteiger partial charge on any atom is 0.259 e. The second-order valence-corrected chi connectivity index (χ2v) is 8.68. The summed E-state index contributed by atoms with van der Waals surface area (Å²) in [6, 6.07) is 22.0. The Hall–Kier alpha value is -3.70. The summed E-state index contributed by atoms with van der Waals surface area (Å²) in [5.41, 5.74) is 10.8. The number of aryl methyl sites for hydroxylation is 1. The van der Waals surface area contributed by atoms with Crippen LogP contribution in [-0.2, 0) is 22.6 Å². The average molecular weight is 422 g/mol. The molecule has 0 bridgehead atoms. The highest BCUT2D eigenvalue weighted by atomic mass is 16.2. The molecule has 3 heterocycles. The lowest BCUT2D eigenvalue weighted by molar-refractivity contribution is -0.122. The lowest BCUT2D eigenvalue weighted by Gasteiger charge is -2.23. The van der Waals surface area contributed by atoms with E-state index in [9.17, 15) is 9.59 Å². The van der Waals surface area contributed by atoms with E-state index in [1.807, 2.05) is 54.6 Å². The van der Waals surface area contributed by atoms with Crippen LogP contribution >= 0.6 is 0 Å². The van der Waals surface area contributed by atoms with Crippen molar-refractivity contribution in [3.63, 3.8) is 0 Å². The van der Waals surface area contributed by atoms with E-state index in [0.717, 1.165) is 52.2 Å². The molecule has 1 atom stereocenters. The molecular weight excluding hydrogens is 398 g/mol. The van der Waals surface area contributed by atoms with Crippen molar-refractivity contribution in [2.45, 2.75) is 19.4 Å². The summed E-state index contributed by atoms with van der Waals surface area (Å²) >= 11 is 0. The molecule has 0 aliphatic carbocycles. The van der Waals surface area contributed by atoms with Crippen LogP contribution in [0.3, 0.4) is 0 Å². The van der Waals surface area contributed by atoms with Crippen molar-refractivity contribution in [2.75, 3.05) is 6.54 Å². The molecule has 3 N–H and O–H groups in total. The highest BCUT2D eigenvalue weighted by molar-refractivity contribution is 6.50. The molecule has 2 amide bonds. The molecule has 5 heteroatoms. The van der Waals surface area contributed by atoms with Gasteiger partial charge in [0.1, 0.15) is 0 Å². The number of nitrogens with two attached hydrogens (primary N) is 1. The molecule has 0 saturated carbocycles. The van der Waals surface area contributed by atoms with Gasteiger partial charge in [-0.3, -0.25) is 14.9 Å². The van der Waals surface area contributed by atoms with Crippen LogP contribution in [0.5, 0.6) is 0 Å². The molecule has 2 aliphatic rings. The second-order valence-electron chi connectivity index (χ2n) is 8.68. The molecule has 32 heavy (non-hydrogen) atoms. The predicted octanol–water partition coefficient (Wildman–Crippen LogP) is 3.88. The minimum absolute atomic E-state index is 0.338. The van der Waals surface area contributed by atoms with Gasteiger partial charge >= 0.3 is 0 Å². The van der Waals surface area contributed by atoms with Crippen LogP contribution in [0.25, 0.3) is 32.8 Å². The Morgan fingerprint density at radius 1 is 0.875 bits per heavy atom. The Morgan fingerprint density at radius 2 is 1.56 bits per heavy atom. The maximum absolute atomic E-state index is 13.1. The third-order valence-corrected chi connectivity index (χ3v) is 6.88. The van der Waals surface area contributed by atoms with Gasteiger partial charge in [0, 0.05) is 23.1 Å². The van der Waals surface area contributed by atoms with Crippen LogP contribution in [-0.4, -0.2) is 22.9 Å². The number of rotatable bonds is 3. The zero-order valence-corrected chi connectivity index (χ0v) is 17.6. The lowest BCUT2D eigenvalue weighted by Crippen LogP contribution is -2.24. The van der Waals surface area contributed by atoms with Crippen LogP contribution < -0.4 is 11.1 Å². The number of aromatic nitrogens is 1. The van der Waals surface area contributed by atoms with Gasteiger partial charge in [0.05, 0.1) is 11.1 Å². The molecular formula is C27H23N3O2. The minimum atomic E-state index is -0.342. The number of benzene rings is 3. The van der Waals surface area contributed by atoms with E-state index in [0.29, 0.717) is 23.6 Å². The van der Waals surface area contributed by atoms with Gasteiger partial charge in [-0.15, -0.1) is 0 Å². The van der Waals surface area contributed by atoms with Crippen LogP contribution in [0, 0.1) is 5.92 Å². The summed E-state index contributed by atoms with van der Waals surface area (Å²) in [4.78, 5) is 26.1. The molecule has 0 radical (unpaired) electrons. The van der Waals surface area contributed by atoms with Crippen LogP contribution in [0.2, 0.25) is 0 Å². The number of carbonyl (C=O) groups is 2. The van der Waals surface area contributed by atoms with E-state index in [4.69, 9.17) is 5.73 Å². The predicted molar refractivity (Wildman–Crippen MR) is 127 cm³/mol. The van der Waals surface area contributed by atoms with E-state index < -0.39 is 0 Å². The third-order valence-electron chi connectivity index (χ3n) is 6.88. The molecule has 3 aromatic carbocycles. The van der Waals surface area contributed by atoms with Crippen molar-refractivity contribution in [2.24, 2.45) is 11.7 Å². The van der Waals surface area contributed by atoms with Gasteiger partial charge in [-0.2, -0.15) is 0 Å². The van der Waals surface area contributed by atoms with E-state index >= 15 is 0 Å². The molecule has 4 aromatic rings. The Labute approximate surface area is 185 Å². The summed E-state index contributed by atoms with van der Waals surface area (Å²) in [6.45, 7) is 1.60. The SMILES string of the molecule is NCC1CCn2c(cc3c(C4=C(c5cccc6ccccc56)C(=O)NC4=O)cccc32)C1. The number of nitrogens with one attached hydrogen (secondary N) is 1. The number of carbonyl (C=O) groups excluding carboxylic acids is 2. The molecule has 1 aromatic heterocycles. The number of fused-ring (bicyclic) bond motifs is 4. The van der Waals surface area contributed by atoms with Crippen molar-refractivity contribution in [1.82, 2.24) is 9.88 Å². The summed E-state index contributed by atoms with van der Waals surface area (Å²) in [5, 5.41) is 5.55. The molecule has 2 aliphatic heterocycles. The Kier molecular flexibility index (Phi) is 4.26. The van der Waals surface area contributed by atoms with Crippen LogP contribution in [0.4, 0.5) is 0 Å². The molecule has 6 rings (SSSR count). The van der Waals surface area contributed by atoms with Crippen LogP contribution in [0.15, 0.2) is 66.7 Å². The number of imide groups is 1. The first-order valence-corrected chi connectivity index (χ1v) is 11.1. The summed E-state index contributed by atoms with van der Waals surface area (Å²) in [5.74, 6) is -0.197. The molecule has 0 saturated heterocycles. The number of amides is 2. The van der Waals surface area contributed by atoms with Gasteiger partial charge in [0.15, 0.2) is 0 Å². The molecule has 1 unspecified atom stereocenters. The van der Waals surface area contributed by atoms with Crippen molar-refractivity contribution in [3.8, 4) is 0 Å². The third kappa shape index (κ3) is 2.75. The van der Waals surface area contributed by atoms with Crippen molar-refractivity contribution in [3.05, 3.63) is 83.6 Å². The quantitative estimate of drug-likeness (QED) is 0.493. The van der Waals surface area contributed by atoms with Gasteiger partial charge in [-0.05, 0) is 59.3 Å². The zero-order valence-electron chi connectivity index (χ0n) is 17.6. The monoisotopic (exact) mass is 421 g/mol. The highest BCUT2D eigenvalue weighted by Gasteiger charge is 2.34. The Morgan fingerprint density at radius 3 is 2.34 bits per heavy atom. The molecule has 5 nitrogen and oxygen atoms in total. The average Bonchev–Trinajstić information content (AvgIpc) is 3.34. The first kappa shape index (κ1) is 19.0. The fraction of sp³-hybridized carbons (Fsp3) is 0.185. The normalized spacial score (nSPS) is 18.5. The number of hydrogen-bond acceptors (Lipinski definition) is 3. The Bertz CT molecular complexity index is 1460. The van der Waals surface area contributed by atoms with Crippen molar-refractivity contribution < 1.29 is 9.59 Å².